The van der Waals surface area contributed by atoms with Crippen molar-refractivity contribution >= 4 is 0 Å². The van der Waals surface area contributed by atoms with E-state index in [2.05, 4.69) is 18.7 Å². The van der Waals surface area contributed by atoms with Gasteiger partial charge in [-0.15, -0.1) is 0 Å². The van der Waals surface area contributed by atoms with E-state index < -0.39 is 0 Å². The second kappa shape index (κ2) is 2.24. The number of hydrogen-bond donors (Lipinski definition) is 0. The van der Waals surface area contributed by atoms with Gasteiger partial charge in [0, 0.05) is 0 Å². The third kappa shape index (κ3) is 1.01. The molecule has 1 nitrogen and oxygen atoms in total. The monoisotopic (exact) mass is 136 g/mol. The minimum absolute atomic E-state index is 0.372. The zero-order valence-electron chi connectivity index (χ0n) is 6.05. The fraction of sp³-hybridized carbons (Fsp3) is 0.556. The van der Waals surface area contributed by atoms with E-state index in [-0.39, 0.29) is 0 Å². The zero-order chi connectivity index (χ0) is 6.97. The van der Waals surface area contributed by atoms with E-state index in [4.69, 9.17) is 4.74 Å². The molecule has 2 atom stereocenters. The van der Waals surface area contributed by atoms with Crippen molar-refractivity contribution in [3.63, 3.8) is 0 Å². The number of hydrogen-bond acceptors (Lipinski definition) is 1. The van der Waals surface area contributed by atoms with Gasteiger partial charge in [-0.25, -0.2) is 0 Å². The molecule has 0 aromatic heterocycles. The molecule has 1 fully saturated rings. The van der Waals surface area contributed by atoms with Gasteiger partial charge in [0.05, 0.1) is 0 Å². The molecule has 1 aliphatic carbocycles. The van der Waals surface area contributed by atoms with Crippen molar-refractivity contribution in [1.82, 2.24) is 0 Å². The predicted molar refractivity (Wildman–Crippen MR) is 40.8 cm³/mol. The van der Waals surface area contributed by atoms with Crippen molar-refractivity contribution in [3.8, 4) is 0 Å². The summed E-state index contributed by atoms with van der Waals surface area (Å²) in [5, 5.41) is 0. The van der Waals surface area contributed by atoms with E-state index in [1.807, 2.05) is 0 Å². The molecule has 0 spiro atoms. The predicted octanol–water partition coefficient (Wildman–Crippen LogP) is 2.05. The van der Waals surface area contributed by atoms with Crippen LogP contribution >= 0.6 is 0 Å². The average Bonchev–Trinajstić information content (AvgIpc) is 2.62. The molecule has 2 unspecified atom stereocenters. The van der Waals surface area contributed by atoms with Crippen LogP contribution < -0.4 is 0 Å². The van der Waals surface area contributed by atoms with Gasteiger partial charge in [0.2, 0.25) is 0 Å². The van der Waals surface area contributed by atoms with Gasteiger partial charge in [0.15, 0.2) is 0 Å². The molecule has 54 valence electrons. The molecular weight excluding hydrogens is 124 g/mol. The minimum atomic E-state index is 0.372. The van der Waals surface area contributed by atoms with Crippen LogP contribution in [0.3, 0.4) is 0 Å². The zero-order valence-corrected chi connectivity index (χ0v) is 6.05. The summed E-state index contributed by atoms with van der Waals surface area (Å²) in [6.45, 7) is 3.98. The quantitative estimate of drug-likeness (QED) is 0.367. The molecule has 0 radical (unpaired) electrons. The summed E-state index contributed by atoms with van der Waals surface area (Å²) in [6, 6.07) is 0. The first-order chi connectivity index (χ1) is 4.88. The first-order valence-corrected chi connectivity index (χ1v) is 3.88. The Kier molecular flexibility index (Phi) is 1.38. The topological polar surface area (TPSA) is 12.5 Å². The van der Waals surface area contributed by atoms with E-state index >= 15 is 0 Å². The first kappa shape index (κ1) is 6.17. The smallest absolute Gasteiger partial charge is 0.109 e. The molecule has 1 heteroatoms. The highest BCUT2D eigenvalue weighted by atomic mass is 16.6. The average molecular weight is 136 g/mol. The molecule has 1 saturated heterocycles. The van der Waals surface area contributed by atoms with Crippen molar-refractivity contribution in [2.24, 2.45) is 0 Å². The van der Waals surface area contributed by atoms with E-state index in [1.165, 1.54) is 18.4 Å². The summed E-state index contributed by atoms with van der Waals surface area (Å²) in [5.74, 6) is 0. The maximum atomic E-state index is 5.36. The Hall–Kier alpha value is -0.560. The van der Waals surface area contributed by atoms with E-state index in [0.29, 0.717) is 12.2 Å². The molecule has 1 aliphatic heterocycles. The van der Waals surface area contributed by atoms with Crippen molar-refractivity contribution < 1.29 is 4.74 Å². The molecule has 0 aromatic carbocycles. The van der Waals surface area contributed by atoms with Crippen LogP contribution in [0.25, 0.3) is 0 Å². The Bertz CT molecular complexity index is 181. The molecule has 2 rings (SSSR count). The summed E-state index contributed by atoms with van der Waals surface area (Å²) in [5.41, 5.74) is 1.29. The van der Waals surface area contributed by atoms with Crippen LogP contribution in [0.5, 0.6) is 0 Å². The number of fused-ring (bicyclic) bond motifs is 1. The normalized spacial score (nSPS) is 38.2. The number of allylic oxidation sites excluding steroid dienone is 1. The van der Waals surface area contributed by atoms with Crippen LogP contribution in [-0.4, -0.2) is 12.2 Å². The van der Waals surface area contributed by atoms with Crippen LogP contribution in [0.2, 0.25) is 0 Å². The number of epoxide rings is 1. The van der Waals surface area contributed by atoms with E-state index in [0.717, 1.165) is 6.42 Å². The highest BCUT2D eigenvalue weighted by molar-refractivity contribution is 5.20. The fourth-order valence-corrected chi connectivity index (χ4v) is 1.42. The molecule has 0 aromatic rings. The molecule has 10 heavy (non-hydrogen) atoms. The lowest BCUT2D eigenvalue weighted by atomic mass is 10.0. The molecule has 0 saturated carbocycles. The largest absolute Gasteiger partial charge is 0.360 e. The molecule has 1 heterocycles. The fourth-order valence-electron chi connectivity index (χ4n) is 1.42. The Balaban J connectivity index is 2.07. The molecule has 2 aliphatic rings. The summed E-state index contributed by atoms with van der Waals surface area (Å²) in [7, 11) is 0. The van der Waals surface area contributed by atoms with Crippen molar-refractivity contribution in [1.29, 1.82) is 0 Å². The Labute approximate surface area is 61.4 Å². The molecule has 0 amide bonds. The summed E-state index contributed by atoms with van der Waals surface area (Å²) in [4.78, 5) is 0. The van der Waals surface area contributed by atoms with Gasteiger partial charge in [0.1, 0.15) is 12.2 Å². The third-order valence-electron chi connectivity index (χ3n) is 2.12. The summed E-state index contributed by atoms with van der Waals surface area (Å²) < 4.78 is 5.36. The summed E-state index contributed by atoms with van der Waals surface area (Å²) >= 11 is 0. The van der Waals surface area contributed by atoms with Gasteiger partial charge in [0.25, 0.3) is 0 Å². The highest BCUT2D eigenvalue weighted by Gasteiger charge is 2.38. The molecule has 0 N–H and O–H groups in total. The Morgan fingerprint density at radius 1 is 1.60 bits per heavy atom. The second-order valence-electron chi connectivity index (χ2n) is 3.00. The van der Waals surface area contributed by atoms with Crippen LogP contribution in [0, 0.1) is 0 Å². The SMILES string of the molecule is C=C1CCCC=CC2OC12. The van der Waals surface area contributed by atoms with Crippen LogP contribution in [0.1, 0.15) is 19.3 Å². The van der Waals surface area contributed by atoms with Gasteiger partial charge in [-0.2, -0.15) is 0 Å². The van der Waals surface area contributed by atoms with E-state index in [1.54, 1.807) is 0 Å². The molecular formula is C9H12O. The lowest BCUT2D eigenvalue weighted by Crippen LogP contribution is -1.97. The van der Waals surface area contributed by atoms with Crippen LogP contribution in [0.15, 0.2) is 24.3 Å². The maximum Gasteiger partial charge on any atom is 0.109 e. The number of rotatable bonds is 0. The van der Waals surface area contributed by atoms with Crippen LogP contribution in [-0.2, 0) is 4.74 Å². The standard InChI is InChI=1S/C9H12O/c1-7-5-3-2-4-6-8-9(7)10-8/h4,6,8-9H,1-3,5H2. The summed E-state index contributed by atoms with van der Waals surface area (Å²) in [6.07, 6.45) is 8.70. The lowest BCUT2D eigenvalue weighted by Gasteiger charge is -2.01. The second-order valence-corrected chi connectivity index (χ2v) is 3.00. The Morgan fingerprint density at radius 2 is 2.50 bits per heavy atom. The minimum Gasteiger partial charge on any atom is -0.360 e. The number of ether oxygens (including phenoxy) is 1. The highest BCUT2D eigenvalue weighted by Crippen LogP contribution is 2.33. The van der Waals surface area contributed by atoms with Gasteiger partial charge in [-0.1, -0.05) is 18.7 Å². The maximum absolute atomic E-state index is 5.36. The first-order valence-electron chi connectivity index (χ1n) is 3.88. The van der Waals surface area contributed by atoms with Gasteiger partial charge in [-0.05, 0) is 24.8 Å². The molecule has 0 bridgehead atoms. The van der Waals surface area contributed by atoms with E-state index in [9.17, 15) is 0 Å². The van der Waals surface area contributed by atoms with Gasteiger partial charge < -0.3 is 4.74 Å². The third-order valence-corrected chi connectivity index (χ3v) is 2.12. The van der Waals surface area contributed by atoms with Crippen molar-refractivity contribution in [3.05, 3.63) is 24.3 Å². The van der Waals surface area contributed by atoms with Gasteiger partial charge >= 0.3 is 0 Å². The van der Waals surface area contributed by atoms with Crippen molar-refractivity contribution in [2.75, 3.05) is 0 Å². The van der Waals surface area contributed by atoms with Crippen LogP contribution in [0.4, 0.5) is 0 Å². The van der Waals surface area contributed by atoms with Crippen molar-refractivity contribution in [2.45, 2.75) is 31.5 Å². The Morgan fingerprint density at radius 3 is 3.40 bits per heavy atom. The lowest BCUT2D eigenvalue weighted by molar-refractivity contribution is 0.405. The van der Waals surface area contributed by atoms with Gasteiger partial charge in [-0.3, -0.25) is 0 Å².